The molecule has 0 aliphatic carbocycles. The number of rotatable bonds is 2. The third-order valence-electron chi connectivity index (χ3n) is 5.75. The van der Waals surface area contributed by atoms with Gasteiger partial charge in [-0.25, -0.2) is 9.18 Å². The van der Waals surface area contributed by atoms with Crippen LogP contribution in [0.4, 0.5) is 14.9 Å². The molecule has 0 bridgehead atoms. The third kappa shape index (κ3) is 5.29. The highest BCUT2D eigenvalue weighted by Crippen LogP contribution is 2.25. The zero-order valence-corrected chi connectivity index (χ0v) is 18.0. The molecule has 8 heteroatoms. The van der Waals surface area contributed by atoms with Crippen molar-refractivity contribution in [3.05, 3.63) is 30.1 Å². The van der Waals surface area contributed by atoms with Crippen molar-refractivity contribution in [3.8, 4) is 0 Å². The Morgan fingerprint density at radius 2 is 1.40 bits per heavy atom. The molecule has 2 aliphatic heterocycles. The summed E-state index contributed by atoms with van der Waals surface area (Å²) in [6.45, 7) is 8.89. The van der Waals surface area contributed by atoms with Crippen LogP contribution in [0.15, 0.2) is 24.3 Å². The van der Waals surface area contributed by atoms with Crippen molar-refractivity contribution >= 4 is 23.5 Å². The van der Waals surface area contributed by atoms with Crippen LogP contribution < -0.4 is 5.32 Å². The maximum absolute atomic E-state index is 13.0. The number of halogens is 1. The van der Waals surface area contributed by atoms with Gasteiger partial charge in [0.1, 0.15) is 5.82 Å². The molecule has 0 radical (unpaired) electrons. The number of benzene rings is 1. The average Bonchev–Trinajstić information content (AvgIpc) is 2.74. The van der Waals surface area contributed by atoms with Crippen molar-refractivity contribution in [2.24, 2.45) is 11.3 Å². The molecule has 164 valence electrons. The zero-order chi connectivity index (χ0) is 21.9. The maximum atomic E-state index is 13.0. The highest BCUT2D eigenvalue weighted by molar-refractivity contribution is 5.89. The number of hydrogen-bond acceptors (Lipinski definition) is 3. The Morgan fingerprint density at radius 1 is 0.867 bits per heavy atom. The lowest BCUT2D eigenvalue weighted by molar-refractivity contribution is -0.145. The molecule has 0 unspecified atom stereocenters. The second-order valence-corrected chi connectivity index (χ2v) is 9.07. The number of piperazine rings is 1. The lowest BCUT2D eigenvalue weighted by atomic mass is 9.90. The van der Waals surface area contributed by atoms with Gasteiger partial charge in [-0.15, -0.1) is 0 Å². The van der Waals surface area contributed by atoms with Crippen LogP contribution in [-0.4, -0.2) is 71.8 Å². The number of urea groups is 1. The largest absolute Gasteiger partial charge is 0.342 e. The lowest BCUT2D eigenvalue weighted by Crippen LogP contribution is -2.54. The van der Waals surface area contributed by atoms with Crippen molar-refractivity contribution in [3.63, 3.8) is 0 Å². The molecule has 30 heavy (non-hydrogen) atoms. The first-order valence-corrected chi connectivity index (χ1v) is 10.5. The van der Waals surface area contributed by atoms with Crippen LogP contribution in [-0.2, 0) is 9.59 Å². The summed E-state index contributed by atoms with van der Waals surface area (Å²) in [7, 11) is 0. The van der Waals surface area contributed by atoms with Crippen LogP contribution in [0.1, 0.15) is 33.6 Å². The summed E-state index contributed by atoms with van der Waals surface area (Å²) in [6, 6.07) is 5.38. The first-order chi connectivity index (χ1) is 14.1. The molecule has 4 amide bonds. The third-order valence-corrected chi connectivity index (χ3v) is 5.75. The molecule has 3 rings (SSSR count). The highest BCUT2D eigenvalue weighted by Gasteiger charge is 2.35. The number of hydrogen-bond donors (Lipinski definition) is 1. The van der Waals surface area contributed by atoms with Gasteiger partial charge in [-0.05, 0) is 37.1 Å². The van der Waals surface area contributed by atoms with E-state index in [2.05, 4.69) is 5.32 Å². The Labute approximate surface area is 177 Å². The fraction of sp³-hybridized carbons (Fsp3) is 0.591. The van der Waals surface area contributed by atoms with Crippen molar-refractivity contribution in [2.45, 2.75) is 33.6 Å². The first kappa shape index (κ1) is 22.1. The summed E-state index contributed by atoms with van der Waals surface area (Å²) in [5.41, 5.74) is 0.137. The topological polar surface area (TPSA) is 73.0 Å². The summed E-state index contributed by atoms with van der Waals surface area (Å²) in [5, 5.41) is 2.75. The monoisotopic (exact) mass is 418 g/mol. The predicted molar refractivity (Wildman–Crippen MR) is 112 cm³/mol. The number of nitrogens with zero attached hydrogens (tertiary/aromatic N) is 3. The average molecular weight is 419 g/mol. The zero-order valence-electron chi connectivity index (χ0n) is 18.0. The highest BCUT2D eigenvalue weighted by atomic mass is 19.1. The van der Waals surface area contributed by atoms with Crippen LogP contribution >= 0.6 is 0 Å². The molecule has 2 aliphatic rings. The molecule has 2 saturated heterocycles. The lowest BCUT2D eigenvalue weighted by Gasteiger charge is -2.39. The van der Waals surface area contributed by atoms with Crippen LogP contribution in [0.25, 0.3) is 0 Å². The Hall–Kier alpha value is -2.64. The van der Waals surface area contributed by atoms with Crippen LogP contribution in [0.5, 0.6) is 0 Å². The molecule has 0 saturated carbocycles. The van der Waals surface area contributed by atoms with Gasteiger partial charge in [-0.2, -0.15) is 0 Å². The number of piperidine rings is 1. The van der Waals surface area contributed by atoms with E-state index in [-0.39, 0.29) is 29.6 Å². The molecule has 2 fully saturated rings. The predicted octanol–water partition coefficient (Wildman–Crippen LogP) is 2.79. The SMILES string of the molecule is CC(C)(C)C(=O)N1CCC(C(=O)N2CCN(C(=O)Nc3ccc(F)cc3)CC2)CC1. The van der Waals surface area contributed by atoms with Gasteiger partial charge in [0.05, 0.1) is 0 Å². The first-order valence-electron chi connectivity index (χ1n) is 10.5. The molecular weight excluding hydrogens is 387 g/mol. The second kappa shape index (κ2) is 9.02. The minimum atomic E-state index is -0.401. The maximum Gasteiger partial charge on any atom is 0.321 e. The second-order valence-electron chi connectivity index (χ2n) is 9.07. The molecule has 1 N–H and O–H groups in total. The van der Waals surface area contributed by atoms with E-state index < -0.39 is 5.41 Å². The van der Waals surface area contributed by atoms with Crippen molar-refractivity contribution < 1.29 is 18.8 Å². The summed E-state index contributed by atoms with van der Waals surface area (Å²) >= 11 is 0. The van der Waals surface area contributed by atoms with Gasteiger partial charge in [0, 0.05) is 56.3 Å². The Kier molecular flexibility index (Phi) is 6.63. The summed E-state index contributed by atoms with van der Waals surface area (Å²) < 4.78 is 13.0. The van der Waals surface area contributed by atoms with Gasteiger partial charge in [-0.1, -0.05) is 20.8 Å². The molecule has 0 spiro atoms. The van der Waals surface area contributed by atoms with Crippen molar-refractivity contribution in [2.75, 3.05) is 44.6 Å². The van der Waals surface area contributed by atoms with E-state index in [0.717, 1.165) is 0 Å². The van der Waals surface area contributed by atoms with Crippen molar-refractivity contribution in [1.29, 1.82) is 0 Å². The number of carbonyl (C=O) groups is 3. The van der Waals surface area contributed by atoms with E-state index in [1.54, 1.807) is 4.90 Å². The molecule has 1 aromatic rings. The smallest absolute Gasteiger partial charge is 0.321 e. The number of carbonyl (C=O) groups excluding carboxylic acids is 3. The summed E-state index contributed by atoms with van der Waals surface area (Å²) in [5.74, 6) is -0.159. The molecular formula is C22H31FN4O3. The molecule has 0 atom stereocenters. The quantitative estimate of drug-likeness (QED) is 0.803. The van der Waals surface area contributed by atoms with Crippen molar-refractivity contribution in [1.82, 2.24) is 14.7 Å². The van der Waals surface area contributed by atoms with Crippen LogP contribution in [0.2, 0.25) is 0 Å². The fourth-order valence-electron chi connectivity index (χ4n) is 3.93. The van der Waals surface area contributed by atoms with E-state index in [1.165, 1.54) is 24.3 Å². The number of likely N-dealkylation sites (tertiary alicyclic amines) is 1. The normalized spacial score (nSPS) is 18.3. The van der Waals surface area contributed by atoms with Crippen LogP contribution in [0.3, 0.4) is 0 Å². The van der Waals surface area contributed by atoms with Gasteiger partial charge in [-0.3, -0.25) is 9.59 Å². The molecule has 1 aromatic carbocycles. The van der Waals surface area contributed by atoms with E-state index >= 15 is 0 Å². The number of anilines is 1. The van der Waals surface area contributed by atoms with E-state index in [9.17, 15) is 18.8 Å². The van der Waals surface area contributed by atoms with Gasteiger partial charge < -0.3 is 20.0 Å². The molecule has 7 nitrogen and oxygen atoms in total. The molecule has 2 heterocycles. The summed E-state index contributed by atoms with van der Waals surface area (Å²) in [4.78, 5) is 43.1. The van der Waals surface area contributed by atoms with Gasteiger partial charge in [0.25, 0.3) is 0 Å². The van der Waals surface area contributed by atoms with Gasteiger partial charge in [0.2, 0.25) is 11.8 Å². The number of nitrogens with one attached hydrogen (secondary N) is 1. The Balaban J connectivity index is 1.45. The van der Waals surface area contributed by atoms with E-state index in [4.69, 9.17) is 0 Å². The minimum absolute atomic E-state index is 0.0615. The minimum Gasteiger partial charge on any atom is -0.342 e. The van der Waals surface area contributed by atoms with Gasteiger partial charge in [0.15, 0.2) is 0 Å². The molecule has 0 aromatic heterocycles. The Bertz CT molecular complexity index is 775. The standard InChI is InChI=1S/C22H31FN4O3/c1-22(2,3)20(29)26-10-8-16(9-11-26)19(28)25-12-14-27(15-13-25)21(30)24-18-6-4-17(23)5-7-18/h4-7,16H,8-15H2,1-3H3,(H,24,30). The van der Waals surface area contributed by atoms with Crippen LogP contribution in [0, 0.1) is 17.2 Å². The van der Waals surface area contributed by atoms with E-state index in [1.807, 2.05) is 30.6 Å². The van der Waals surface area contributed by atoms with Gasteiger partial charge >= 0.3 is 6.03 Å². The Morgan fingerprint density at radius 3 is 1.93 bits per heavy atom. The number of amides is 4. The summed E-state index contributed by atoms with van der Waals surface area (Å²) in [6.07, 6.45) is 1.37. The fourth-order valence-corrected chi connectivity index (χ4v) is 3.93. The van der Waals surface area contributed by atoms with E-state index in [0.29, 0.717) is 57.8 Å².